The molecule has 0 unspecified atom stereocenters. The zero-order chi connectivity index (χ0) is 9.80. The Bertz CT molecular complexity index is 295. The molecule has 3 heteroatoms. The van der Waals surface area contributed by atoms with E-state index in [1.165, 1.54) is 0 Å². The lowest BCUT2D eigenvalue weighted by atomic mass is 10.1. The summed E-state index contributed by atoms with van der Waals surface area (Å²) in [5.74, 6) is 0.904. The van der Waals surface area contributed by atoms with Gasteiger partial charge in [-0.3, -0.25) is 0 Å². The summed E-state index contributed by atoms with van der Waals surface area (Å²) >= 11 is 0. The quantitative estimate of drug-likeness (QED) is 0.769. The highest BCUT2D eigenvalue weighted by atomic mass is 16.5. The van der Waals surface area contributed by atoms with Gasteiger partial charge in [0.15, 0.2) is 0 Å². The third-order valence-corrected chi connectivity index (χ3v) is 2.41. The highest BCUT2D eigenvalue weighted by Gasteiger charge is 2.18. The average molecular weight is 193 g/mol. The van der Waals surface area contributed by atoms with Crippen molar-refractivity contribution in [3.63, 3.8) is 0 Å². The lowest BCUT2D eigenvalue weighted by molar-refractivity contribution is 0.0263. The van der Waals surface area contributed by atoms with Crippen molar-refractivity contribution in [1.82, 2.24) is 5.32 Å². The number of methoxy groups -OCH3 is 1. The van der Waals surface area contributed by atoms with Crippen LogP contribution in [0.2, 0.25) is 0 Å². The van der Waals surface area contributed by atoms with Gasteiger partial charge in [-0.25, -0.2) is 0 Å². The molecule has 2 rings (SSSR count). The second-order valence-electron chi connectivity index (χ2n) is 3.31. The van der Waals surface area contributed by atoms with Gasteiger partial charge in [-0.15, -0.1) is 0 Å². The Kier molecular flexibility index (Phi) is 3.01. The molecule has 1 atom stereocenters. The second-order valence-corrected chi connectivity index (χ2v) is 3.31. The fourth-order valence-electron chi connectivity index (χ4n) is 1.70. The van der Waals surface area contributed by atoms with Gasteiger partial charge in [0.25, 0.3) is 0 Å². The fraction of sp³-hybridized carbons (Fsp3) is 0.455. The van der Waals surface area contributed by atoms with Crippen LogP contribution in [0.25, 0.3) is 0 Å². The van der Waals surface area contributed by atoms with Gasteiger partial charge in [0.05, 0.1) is 19.8 Å². The molecule has 1 aromatic rings. The first kappa shape index (κ1) is 9.49. The molecule has 1 aromatic carbocycles. The van der Waals surface area contributed by atoms with E-state index in [1.54, 1.807) is 7.11 Å². The Balaban J connectivity index is 2.20. The van der Waals surface area contributed by atoms with Gasteiger partial charge in [0.1, 0.15) is 5.75 Å². The summed E-state index contributed by atoms with van der Waals surface area (Å²) in [4.78, 5) is 0. The highest BCUT2D eigenvalue weighted by molar-refractivity contribution is 5.35. The van der Waals surface area contributed by atoms with Crippen LogP contribution in [0.1, 0.15) is 11.7 Å². The number of para-hydroxylation sites is 1. The van der Waals surface area contributed by atoms with Gasteiger partial charge in [-0.05, 0) is 6.07 Å². The minimum atomic E-state index is 0.125. The van der Waals surface area contributed by atoms with Gasteiger partial charge in [-0.2, -0.15) is 0 Å². The van der Waals surface area contributed by atoms with E-state index >= 15 is 0 Å². The number of nitrogens with one attached hydrogen (secondary N) is 1. The van der Waals surface area contributed by atoms with Crippen LogP contribution in [0, 0.1) is 0 Å². The van der Waals surface area contributed by atoms with Crippen molar-refractivity contribution in [2.24, 2.45) is 0 Å². The van der Waals surface area contributed by atoms with Gasteiger partial charge in [0, 0.05) is 18.7 Å². The minimum Gasteiger partial charge on any atom is -0.496 e. The van der Waals surface area contributed by atoms with Crippen LogP contribution < -0.4 is 10.1 Å². The lowest BCUT2D eigenvalue weighted by Crippen LogP contribution is -2.33. The zero-order valence-corrected chi connectivity index (χ0v) is 8.32. The van der Waals surface area contributed by atoms with E-state index in [-0.39, 0.29) is 6.10 Å². The summed E-state index contributed by atoms with van der Waals surface area (Å²) in [6.07, 6.45) is 0.125. The number of morpholine rings is 1. The van der Waals surface area contributed by atoms with E-state index in [4.69, 9.17) is 9.47 Å². The molecular weight excluding hydrogens is 178 g/mol. The maximum atomic E-state index is 5.66. The summed E-state index contributed by atoms with van der Waals surface area (Å²) in [5.41, 5.74) is 1.13. The predicted octanol–water partition coefficient (Wildman–Crippen LogP) is 1.36. The molecule has 0 aliphatic carbocycles. The topological polar surface area (TPSA) is 30.5 Å². The molecule has 0 amide bonds. The van der Waals surface area contributed by atoms with Crippen molar-refractivity contribution < 1.29 is 9.47 Å². The molecule has 76 valence electrons. The Hall–Kier alpha value is -1.06. The maximum absolute atomic E-state index is 5.66. The summed E-state index contributed by atoms with van der Waals surface area (Å²) in [7, 11) is 1.69. The Morgan fingerprint density at radius 2 is 2.29 bits per heavy atom. The molecule has 1 aliphatic heterocycles. The molecular formula is C11H15NO2. The van der Waals surface area contributed by atoms with E-state index in [1.807, 2.05) is 18.2 Å². The van der Waals surface area contributed by atoms with E-state index in [0.29, 0.717) is 0 Å². The van der Waals surface area contributed by atoms with Crippen molar-refractivity contribution in [3.05, 3.63) is 29.8 Å². The van der Waals surface area contributed by atoms with E-state index in [0.717, 1.165) is 31.0 Å². The molecule has 1 fully saturated rings. The van der Waals surface area contributed by atoms with Crippen molar-refractivity contribution in [2.45, 2.75) is 6.10 Å². The Labute approximate surface area is 84.0 Å². The van der Waals surface area contributed by atoms with Crippen molar-refractivity contribution in [1.29, 1.82) is 0 Å². The van der Waals surface area contributed by atoms with Crippen molar-refractivity contribution in [2.75, 3.05) is 26.8 Å². The van der Waals surface area contributed by atoms with Crippen LogP contribution >= 0.6 is 0 Å². The first-order valence-electron chi connectivity index (χ1n) is 4.87. The molecule has 0 aromatic heterocycles. The van der Waals surface area contributed by atoms with Gasteiger partial charge in [-0.1, -0.05) is 18.2 Å². The summed E-state index contributed by atoms with van der Waals surface area (Å²) < 4.78 is 11.0. The van der Waals surface area contributed by atoms with Gasteiger partial charge in [0.2, 0.25) is 0 Å². The Morgan fingerprint density at radius 3 is 3.00 bits per heavy atom. The van der Waals surface area contributed by atoms with E-state index in [2.05, 4.69) is 11.4 Å². The van der Waals surface area contributed by atoms with E-state index < -0.39 is 0 Å². The SMILES string of the molecule is COc1ccccc1[C@@H]1CNCCO1. The molecule has 14 heavy (non-hydrogen) atoms. The molecule has 1 saturated heterocycles. The highest BCUT2D eigenvalue weighted by Crippen LogP contribution is 2.27. The molecule has 1 heterocycles. The largest absolute Gasteiger partial charge is 0.496 e. The molecule has 0 spiro atoms. The van der Waals surface area contributed by atoms with Crippen LogP contribution in [-0.2, 0) is 4.74 Å². The van der Waals surface area contributed by atoms with Crippen molar-refractivity contribution >= 4 is 0 Å². The standard InChI is InChI=1S/C11H15NO2/c1-13-10-5-3-2-4-9(10)11-8-12-6-7-14-11/h2-5,11-12H,6-8H2,1H3/t11-/m0/s1. The van der Waals surface area contributed by atoms with Gasteiger partial charge < -0.3 is 14.8 Å². The summed E-state index contributed by atoms with van der Waals surface area (Å²) in [6, 6.07) is 8.00. The summed E-state index contributed by atoms with van der Waals surface area (Å²) in [6.45, 7) is 2.56. The predicted molar refractivity (Wildman–Crippen MR) is 54.6 cm³/mol. The molecule has 3 nitrogen and oxygen atoms in total. The third-order valence-electron chi connectivity index (χ3n) is 2.41. The molecule has 0 radical (unpaired) electrons. The van der Waals surface area contributed by atoms with Crippen LogP contribution in [0.4, 0.5) is 0 Å². The van der Waals surface area contributed by atoms with Crippen LogP contribution in [0.5, 0.6) is 5.75 Å². The fourth-order valence-corrected chi connectivity index (χ4v) is 1.70. The monoisotopic (exact) mass is 193 g/mol. The van der Waals surface area contributed by atoms with Gasteiger partial charge >= 0.3 is 0 Å². The molecule has 0 saturated carbocycles. The maximum Gasteiger partial charge on any atom is 0.124 e. The van der Waals surface area contributed by atoms with E-state index in [9.17, 15) is 0 Å². The summed E-state index contributed by atoms with van der Waals surface area (Å²) in [5, 5.41) is 3.30. The Morgan fingerprint density at radius 1 is 1.43 bits per heavy atom. The molecule has 0 bridgehead atoms. The first-order chi connectivity index (χ1) is 6.92. The normalized spacial score (nSPS) is 21.9. The smallest absolute Gasteiger partial charge is 0.124 e. The van der Waals surface area contributed by atoms with Crippen LogP contribution in [0.15, 0.2) is 24.3 Å². The number of ether oxygens (including phenoxy) is 2. The number of benzene rings is 1. The first-order valence-corrected chi connectivity index (χ1v) is 4.87. The van der Waals surface area contributed by atoms with Crippen LogP contribution in [0.3, 0.4) is 0 Å². The van der Waals surface area contributed by atoms with Crippen LogP contribution in [-0.4, -0.2) is 26.8 Å². The third kappa shape index (κ3) is 1.89. The number of rotatable bonds is 2. The lowest BCUT2D eigenvalue weighted by Gasteiger charge is -2.25. The number of hydrogen-bond acceptors (Lipinski definition) is 3. The minimum absolute atomic E-state index is 0.125. The number of hydrogen-bond donors (Lipinski definition) is 1. The zero-order valence-electron chi connectivity index (χ0n) is 8.32. The second kappa shape index (κ2) is 4.44. The van der Waals surface area contributed by atoms with Crippen molar-refractivity contribution in [3.8, 4) is 5.75 Å². The average Bonchev–Trinajstić information content (AvgIpc) is 2.30. The molecule has 1 aliphatic rings. The molecule has 1 N–H and O–H groups in total.